The molecule has 8 heteroatoms. The minimum atomic E-state index is -0.496. The van der Waals surface area contributed by atoms with Crippen molar-refractivity contribution in [3.63, 3.8) is 0 Å². The van der Waals surface area contributed by atoms with Crippen molar-refractivity contribution in [1.82, 2.24) is 19.9 Å². The minimum Gasteiger partial charge on any atom is -0.340 e. The number of rotatable bonds is 3. The van der Waals surface area contributed by atoms with Gasteiger partial charge in [0.25, 0.3) is 5.91 Å². The zero-order chi connectivity index (χ0) is 23.4. The summed E-state index contributed by atoms with van der Waals surface area (Å²) in [6, 6.07) is 14.6. The number of anilines is 1. The Bertz CT molecular complexity index is 1350. The standard InChI is InChI=1S/C26H24FN5OS/c1-15-10-16(2)29-26(28-15)32-13-17-11-31(12-18(17)14-32)25(33)23-19(6-5-7-20(23)27)24-30-21-8-3-4-9-22(21)34-24/h3-10,17-18H,11-14H2,1-2H3/t17-,18+. The van der Waals surface area contributed by atoms with Gasteiger partial charge in [-0.15, -0.1) is 11.3 Å². The van der Waals surface area contributed by atoms with Crippen molar-refractivity contribution in [2.75, 3.05) is 31.1 Å². The number of aryl methyl sites for hydroxylation is 2. The fraction of sp³-hybridized carbons (Fsp3) is 0.308. The summed E-state index contributed by atoms with van der Waals surface area (Å²) in [5.74, 6) is 0.661. The van der Waals surface area contributed by atoms with Gasteiger partial charge in [-0.3, -0.25) is 4.79 Å². The number of likely N-dealkylation sites (tertiary alicyclic amines) is 1. The van der Waals surface area contributed by atoms with Crippen LogP contribution in [0.15, 0.2) is 48.5 Å². The second-order valence-electron chi connectivity index (χ2n) is 9.24. The van der Waals surface area contributed by atoms with Crippen LogP contribution in [0, 0.1) is 31.5 Å². The summed E-state index contributed by atoms with van der Waals surface area (Å²) in [6.07, 6.45) is 0. The first-order chi connectivity index (χ1) is 16.5. The molecule has 2 fully saturated rings. The highest BCUT2D eigenvalue weighted by molar-refractivity contribution is 7.21. The lowest BCUT2D eigenvalue weighted by molar-refractivity contribution is 0.0778. The van der Waals surface area contributed by atoms with E-state index in [1.807, 2.05) is 49.1 Å². The van der Waals surface area contributed by atoms with Gasteiger partial charge in [-0.25, -0.2) is 19.3 Å². The maximum Gasteiger partial charge on any atom is 0.257 e. The molecule has 2 aliphatic rings. The molecule has 0 radical (unpaired) electrons. The first-order valence-corrected chi connectivity index (χ1v) is 12.3. The van der Waals surface area contributed by atoms with E-state index in [2.05, 4.69) is 19.9 Å². The number of hydrogen-bond acceptors (Lipinski definition) is 6. The lowest BCUT2D eigenvalue weighted by Gasteiger charge is -2.23. The molecule has 0 N–H and O–H groups in total. The van der Waals surface area contributed by atoms with Gasteiger partial charge in [-0.05, 0) is 38.1 Å². The zero-order valence-corrected chi connectivity index (χ0v) is 19.8. The van der Waals surface area contributed by atoms with Crippen molar-refractivity contribution in [3.05, 3.63) is 71.3 Å². The van der Waals surface area contributed by atoms with E-state index >= 15 is 4.39 Å². The van der Waals surface area contributed by atoms with Crippen LogP contribution in [0.3, 0.4) is 0 Å². The fourth-order valence-corrected chi connectivity index (χ4v) is 6.23. The number of carbonyl (C=O) groups is 1. The van der Waals surface area contributed by atoms with E-state index in [0.29, 0.717) is 35.5 Å². The Labute approximate surface area is 201 Å². The highest BCUT2D eigenvalue weighted by Crippen LogP contribution is 2.37. The second-order valence-corrected chi connectivity index (χ2v) is 10.3. The molecule has 4 aromatic rings. The first kappa shape index (κ1) is 21.2. The van der Waals surface area contributed by atoms with Gasteiger partial charge in [0.1, 0.15) is 10.8 Å². The van der Waals surface area contributed by atoms with Gasteiger partial charge in [0.15, 0.2) is 0 Å². The average Bonchev–Trinajstić information content (AvgIpc) is 3.50. The molecule has 2 atom stereocenters. The Morgan fingerprint density at radius 2 is 1.65 bits per heavy atom. The third-order valence-electron chi connectivity index (χ3n) is 6.78. The Hall–Kier alpha value is -3.39. The molecular formula is C26H24FN5OS. The number of para-hydroxylation sites is 1. The van der Waals surface area contributed by atoms with Crippen molar-refractivity contribution < 1.29 is 9.18 Å². The van der Waals surface area contributed by atoms with E-state index < -0.39 is 5.82 Å². The lowest BCUT2D eigenvalue weighted by Crippen LogP contribution is -2.34. The van der Waals surface area contributed by atoms with Crippen LogP contribution in [0.5, 0.6) is 0 Å². The molecule has 0 spiro atoms. The summed E-state index contributed by atoms with van der Waals surface area (Å²) in [4.78, 5) is 31.5. The molecule has 2 aliphatic heterocycles. The number of carbonyl (C=O) groups excluding carboxylic acids is 1. The number of aromatic nitrogens is 3. The fourth-order valence-electron chi connectivity index (χ4n) is 5.24. The summed E-state index contributed by atoms with van der Waals surface area (Å²) in [6.45, 7) is 6.79. The number of hydrogen-bond donors (Lipinski definition) is 0. The van der Waals surface area contributed by atoms with Gasteiger partial charge < -0.3 is 9.80 Å². The number of thiazole rings is 1. The quantitative estimate of drug-likeness (QED) is 0.431. The zero-order valence-electron chi connectivity index (χ0n) is 19.0. The van der Waals surface area contributed by atoms with Crippen LogP contribution in [-0.4, -0.2) is 51.9 Å². The molecule has 172 valence electrons. The number of amides is 1. The molecule has 6 nitrogen and oxygen atoms in total. The van der Waals surface area contributed by atoms with Crippen LogP contribution < -0.4 is 4.90 Å². The summed E-state index contributed by atoms with van der Waals surface area (Å²) in [7, 11) is 0. The summed E-state index contributed by atoms with van der Waals surface area (Å²) in [5.41, 5.74) is 3.45. The van der Waals surface area contributed by atoms with E-state index in [1.165, 1.54) is 17.4 Å². The van der Waals surface area contributed by atoms with Crippen LogP contribution in [-0.2, 0) is 0 Å². The topological polar surface area (TPSA) is 62.2 Å². The largest absolute Gasteiger partial charge is 0.340 e. The Morgan fingerprint density at radius 3 is 2.35 bits per heavy atom. The highest BCUT2D eigenvalue weighted by Gasteiger charge is 2.43. The third kappa shape index (κ3) is 3.62. The molecule has 34 heavy (non-hydrogen) atoms. The van der Waals surface area contributed by atoms with Crippen LogP contribution in [0.2, 0.25) is 0 Å². The van der Waals surface area contributed by atoms with Crippen LogP contribution in [0.1, 0.15) is 21.7 Å². The van der Waals surface area contributed by atoms with Crippen LogP contribution >= 0.6 is 11.3 Å². The summed E-state index contributed by atoms with van der Waals surface area (Å²) < 4.78 is 16.1. The van der Waals surface area contributed by atoms with Gasteiger partial charge in [0.2, 0.25) is 5.95 Å². The van der Waals surface area contributed by atoms with Gasteiger partial charge in [0.05, 0.1) is 15.8 Å². The minimum absolute atomic E-state index is 0.121. The van der Waals surface area contributed by atoms with E-state index in [0.717, 1.165) is 40.6 Å². The molecule has 4 heterocycles. The molecule has 0 aliphatic carbocycles. The molecule has 0 unspecified atom stereocenters. The van der Waals surface area contributed by atoms with Crippen LogP contribution in [0.25, 0.3) is 20.8 Å². The average molecular weight is 474 g/mol. The molecule has 2 aromatic heterocycles. The maximum atomic E-state index is 15.0. The molecule has 2 saturated heterocycles. The van der Waals surface area contributed by atoms with E-state index in [1.54, 1.807) is 12.1 Å². The van der Waals surface area contributed by atoms with Gasteiger partial charge in [-0.1, -0.05) is 24.3 Å². The molecule has 6 rings (SSSR count). The molecular weight excluding hydrogens is 449 g/mol. The van der Waals surface area contributed by atoms with Crippen molar-refractivity contribution in [1.29, 1.82) is 0 Å². The van der Waals surface area contributed by atoms with Gasteiger partial charge in [-0.2, -0.15) is 0 Å². The maximum absolute atomic E-state index is 15.0. The van der Waals surface area contributed by atoms with Crippen molar-refractivity contribution >= 4 is 33.4 Å². The predicted molar refractivity (Wildman–Crippen MR) is 132 cm³/mol. The van der Waals surface area contributed by atoms with Crippen molar-refractivity contribution in [2.45, 2.75) is 13.8 Å². The van der Waals surface area contributed by atoms with E-state index in [-0.39, 0.29) is 11.5 Å². The predicted octanol–water partition coefficient (Wildman–Crippen LogP) is 4.72. The Morgan fingerprint density at radius 1 is 0.941 bits per heavy atom. The SMILES string of the molecule is Cc1cc(C)nc(N2C[C@H]3CN(C(=O)c4c(F)cccc4-c4nc5ccccc5s4)C[C@H]3C2)n1. The first-order valence-electron chi connectivity index (χ1n) is 11.5. The van der Waals surface area contributed by atoms with Crippen LogP contribution in [0.4, 0.5) is 10.3 Å². The number of fused-ring (bicyclic) bond motifs is 2. The summed E-state index contributed by atoms with van der Waals surface area (Å²) in [5, 5.41) is 0.668. The summed E-state index contributed by atoms with van der Waals surface area (Å²) >= 11 is 1.48. The van der Waals surface area contributed by atoms with E-state index in [9.17, 15) is 4.79 Å². The second kappa shape index (κ2) is 8.13. The van der Waals surface area contributed by atoms with Gasteiger partial charge in [0, 0.05) is 55.0 Å². The highest BCUT2D eigenvalue weighted by atomic mass is 32.1. The number of benzene rings is 2. The third-order valence-corrected chi connectivity index (χ3v) is 7.85. The molecule has 0 bridgehead atoms. The van der Waals surface area contributed by atoms with Crippen molar-refractivity contribution in [3.8, 4) is 10.6 Å². The molecule has 0 saturated carbocycles. The lowest BCUT2D eigenvalue weighted by atomic mass is 10.0. The Kier molecular flexibility index (Phi) is 5.06. The Balaban J connectivity index is 1.25. The smallest absolute Gasteiger partial charge is 0.257 e. The normalized spacial score (nSPS) is 19.7. The van der Waals surface area contributed by atoms with Crippen molar-refractivity contribution in [2.24, 2.45) is 11.8 Å². The van der Waals surface area contributed by atoms with Gasteiger partial charge >= 0.3 is 0 Å². The molecule has 2 aromatic carbocycles. The monoisotopic (exact) mass is 473 g/mol. The number of halogens is 1. The van der Waals surface area contributed by atoms with E-state index in [4.69, 9.17) is 0 Å². The molecule has 1 amide bonds. The number of nitrogens with zero attached hydrogens (tertiary/aromatic N) is 5.